The van der Waals surface area contributed by atoms with Crippen molar-refractivity contribution in [3.05, 3.63) is 35.1 Å². The van der Waals surface area contributed by atoms with E-state index in [1.807, 2.05) is 26.0 Å². The second kappa shape index (κ2) is 5.26. The summed E-state index contributed by atoms with van der Waals surface area (Å²) in [5, 5.41) is 3.27. The fraction of sp³-hybridized carbons (Fsp3) is 0.538. The fourth-order valence-corrected chi connectivity index (χ4v) is 1.47. The lowest BCUT2D eigenvalue weighted by Gasteiger charge is -2.11. The molecule has 1 rings (SSSR count). The molecule has 0 spiro atoms. The SMILES string of the molecule is CC(C)NCc1ccc(C(C)C)c(F)c1. The van der Waals surface area contributed by atoms with Gasteiger partial charge in [-0.05, 0) is 23.1 Å². The number of rotatable bonds is 4. The topological polar surface area (TPSA) is 12.0 Å². The molecule has 0 aliphatic carbocycles. The van der Waals surface area contributed by atoms with Crippen molar-refractivity contribution in [1.29, 1.82) is 0 Å². The van der Waals surface area contributed by atoms with Gasteiger partial charge < -0.3 is 5.32 Å². The quantitative estimate of drug-likeness (QED) is 0.801. The molecule has 0 fully saturated rings. The standard InChI is InChI=1S/C13H20FN/c1-9(2)12-6-5-11(7-13(12)14)8-15-10(3)4/h5-7,9-10,15H,8H2,1-4H3. The molecular formula is C13H20FN. The highest BCUT2D eigenvalue weighted by atomic mass is 19.1. The van der Waals surface area contributed by atoms with E-state index in [0.29, 0.717) is 6.04 Å². The van der Waals surface area contributed by atoms with Gasteiger partial charge in [0, 0.05) is 12.6 Å². The van der Waals surface area contributed by atoms with E-state index in [2.05, 4.69) is 19.2 Å². The molecule has 2 heteroatoms. The van der Waals surface area contributed by atoms with Gasteiger partial charge in [-0.1, -0.05) is 39.8 Å². The Labute approximate surface area is 91.7 Å². The Morgan fingerprint density at radius 1 is 1.20 bits per heavy atom. The van der Waals surface area contributed by atoms with Crippen LogP contribution in [0.2, 0.25) is 0 Å². The van der Waals surface area contributed by atoms with E-state index in [9.17, 15) is 4.39 Å². The van der Waals surface area contributed by atoms with Crippen molar-refractivity contribution in [3.63, 3.8) is 0 Å². The van der Waals surface area contributed by atoms with Crippen molar-refractivity contribution in [2.75, 3.05) is 0 Å². The number of benzene rings is 1. The maximum atomic E-state index is 13.6. The van der Waals surface area contributed by atoms with Crippen molar-refractivity contribution in [1.82, 2.24) is 5.32 Å². The Bertz CT molecular complexity index is 318. The van der Waals surface area contributed by atoms with Crippen LogP contribution in [0.15, 0.2) is 18.2 Å². The third kappa shape index (κ3) is 3.63. The summed E-state index contributed by atoms with van der Waals surface area (Å²) in [4.78, 5) is 0. The van der Waals surface area contributed by atoms with Crippen LogP contribution in [0.25, 0.3) is 0 Å². The first-order valence-electron chi connectivity index (χ1n) is 5.52. The van der Waals surface area contributed by atoms with Crippen LogP contribution in [0.4, 0.5) is 4.39 Å². The van der Waals surface area contributed by atoms with Crippen LogP contribution >= 0.6 is 0 Å². The van der Waals surface area contributed by atoms with Gasteiger partial charge in [0.2, 0.25) is 0 Å². The summed E-state index contributed by atoms with van der Waals surface area (Å²) < 4.78 is 13.6. The molecule has 15 heavy (non-hydrogen) atoms. The number of nitrogens with one attached hydrogen (secondary N) is 1. The van der Waals surface area contributed by atoms with Gasteiger partial charge in [-0.2, -0.15) is 0 Å². The fourth-order valence-electron chi connectivity index (χ4n) is 1.47. The minimum atomic E-state index is -0.0898. The van der Waals surface area contributed by atoms with Gasteiger partial charge in [0.05, 0.1) is 0 Å². The number of halogens is 1. The normalized spacial score (nSPS) is 11.4. The lowest BCUT2D eigenvalue weighted by molar-refractivity contribution is 0.573. The average molecular weight is 209 g/mol. The third-order valence-electron chi connectivity index (χ3n) is 2.40. The van der Waals surface area contributed by atoms with Crippen molar-refractivity contribution >= 4 is 0 Å². The smallest absolute Gasteiger partial charge is 0.126 e. The summed E-state index contributed by atoms with van der Waals surface area (Å²) >= 11 is 0. The van der Waals surface area contributed by atoms with Gasteiger partial charge >= 0.3 is 0 Å². The largest absolute Gasteiger partial charge is 0.310 e. The molecule has 0 aliphatic heterocycles. The molecule has 1 nitrogen and oxygen atoms in total. The van der Waals surface area contributed by atoms with Crippen LogP contribution in [-0.4, -0.2) is 6.04 Å². The molecule has 0 saturated carbocycles. The monoisotopic (exact) mass is 209 g/mol. The lowest BCUT2D eigenvalue weighted by atomic mass is 10.0. The molecule has 0 unspecified atom stereocenters. The van der Waals surface area contributed by atoms with Crippen LogP contribution in [0.5, 0.6) is 0 Å². The summed E-state index contributed by atoms with van der Waals surface area (Å²) in [5.41, 5.74) is 1.80. The molecular weight excluding hydrogens is 189 g/mol. The van der Waals surface area contributed by atoms with Crippen molar-refractivity contribution in [3.8, 4) is 0 Å². The zero-order valence-electron chi connectivity index (χ0n) is 9.97. The molecule has 1 aromatic rings. The van der Waals surface area contributed by atoms with E-state index in [1.165, 1.54) is 0 Å². The first kappa shape index (κ1) is 12.2. The maximum Gasteiger partial charge on any atom is 0.126 e. The van der Waals surface area contributed by atoms with E-state index < -0.39 is 0 Å². The number of hydrogen-bond donors (Lipinski definition) is 1. The highest BCUT2D eigenvalue weighted by Gasteiger charge is 2.07. The second-order valence-corrected chi connectivity index (χ2v) is 4.55. The van der Waals surface area contributed by atoms with E-state index in [4.69, 9.17) is 0 Å². The van der Waals surface area contributed by atoms with Crippen molar-refractivity contribution in [2.45, 2.75) is 46.2 Å². The summed E-state index contributed by atoms with van der Waals surface area (Å²) in [7, 11) is 0. The Balaban J connectivity index is 2.73. The molecule has 0 bridgehead atoms. The van der Waals surface area contributed by atoms with Gasteiger partial charge in [0.25, 0.3) is 0 Å². The molecule has 0 heterocycles. The Hall–Kier alpha value is -0.890. The summed E-state index contributed by atoms with van der Waals surface area (Å²) in [6.45, 7) is 8.90. The van der Waals surface area contributed by atoms with Gasteiger partial charge in [-0.3, -0.25) is 0 Å². The van der Waals surface area contributed by atoms with Crippen LogP contribution in [0.3, 0.4) is 0 Å². The van der Waals surface area contributed by atoms with Gasteiger partial charge in [-0.15, -0.1) is 0 Å². The minimum absolute atomic E-state index is 0.0898. The van der Waals surface area contributed by atoms with Crippen molar-refractivity contribution < 1.29 is 4.39 Å². The molecule has 1 aromatic carbocycles. The molecule has 0 amide bonds. The first-order valence-corrected chi connectivity index (χ1v) is 5.52. The van der Waals surface area contributed by atoms with Gasteiger partial charge in [0.1, 0.15) is 5.82 Å². The Morgan fingerprint density at radius 2 is 1.87 bits per heavy atom. The van der Waals surface area contributed by atoms with E-state index in [0.717, 1.165) is 17.7 Å². The zero-order chi connectivity index (χ0) is 11.4. The summed E-state index contributed by atoms with van der Waals surface area (Å²) in [6, 6.07) is 5.94. The van der Waals surface area contributed by atoms with Crippen LogP contribution < -0.4 is 5.32 Å². The molecule has 84 valence electrons. The predicted molar refractivity (Wildman–Crippen MR) is 62.5 cm³/mol. The van der Waals surface area contributed by atoms with Crippen molar-refractivity contribution in [2.24, 2.45) is 0 Å². The average Bonchev–Trinajstić information content (AvgIpc) is 2.14. The third-order valence-corrected chi connectivity index (χ3v) is 2.40. The van der Waals surface area contributed by atoms with E-state index >= 15 is 0 Å². The molecule has 0 aliphatic rings. The minimum Gasteiger partial charge on any atom is -0.310 e. The highest BCUT2D eigenvalue weighted by molar-refractivity contribution is 5.26. The van der Waals surface area contributed by atoms with Crippen LogP contribution in [0.1, 0.15) is 44.7 Å². The molecule has 0 aromatic heterocycles. The Kier molecular flexibility index (Phi) is 4.28. The van der Waals surface area contributed by atoms with Crippen LogP contribution in [0, 0.1) is 5.82 Å². The van der Waals surface area contributed by atoms with Gasteiger partial charge in [0.15, 0.2) is 0 Å². The summed E-state index contributed by atoms with van der Waals surface area (Å²) in [5.74, 6) is 0.158. The molecule has 0 atom stereocenters. The number of hydrogen-bond acceptors (Lipinski definition) is 1. The molecule has 0 saturated heterocycles. The Morgan fingerprint density at radius 3 is 2.33 bits per heavy atom. The summed E-state index contributed by atoms with van der Waals surface area (Å²) in [6.07, 6.45) is 0. The molecule has 0 radical (unpaired) electrons. The van der Waals surface area contributed by atoms with Crippen LogP contribution in [-0.2, 0) is 6.54 Å². The zero-order valence-corrected chi connectivity index (χ0v) is 9.97. The van der Waals surface area contributed by atoms with E-state index in [1.54, 1.807) is 6.07 Å². The second-order valence-electron chi connectivity index (χ2n) is 4.55. The lowest BCUT2D eigenvalue weighted by Crippen LogP contribution is -2.21. The molecule has 1 N–H and O–H groups in total. The van der Waals surface area contributed by atoms with E-state index in [-0.39, 0.29) is 11.7 Å². The maximum absolute atomic E-state index is 13.6. The highest BCUT2D eigenvalue weighted by Crippen LogP contribution is 2.19. The predicted octanol–water partition coefficient (Wildman–Crippen LogP) is 3.45. The van der Waals surface area contributed by atoms with Gasteiger partial charge in [-0.25, -0.2) is 4.39 Å². The first-order chi connectivity index (χ1) is 7.00.